The summed E-state index contributed by atoms with van der Waals surface area (Å²) in [6, 6.07) is 5.38. The van der Waals surface area contributed by atoms with Crippen molar-refractivity contribution < 1.29 is 14.0 Å². The number of nitrogen functional groups attached to an aromatic ring is 1. The first kappa shape index (κ1) is 23.8. The number of anilines is 2. The fourth-order valence-corrected chi connectivity index (χ4v) is 4.07. The Morgan fingerprint density at radius 3 is 2.65 bits per heavy atom. The number of amides is 2. The van der Waals surface area contributed by atoms with Crippen molar-refractivity contribution in [3.63, 3.8) is 0 Å². The van der Waals surface area contributed by atoms with E-state index in [1.807, 2.05) is 47.8 Å². The number of nitrogens with zero attached hydrogens (tertiary/aromatic N) is 5. The highest BCUT2D eigenvalue weighted by molar-refractivity contribution is 6.34. The van der Waals surface area contributed by atoms with Gasteiger partial charge in [-0.1, -0.05) is 17.7 Å². The lowest BCUT2D eigenvalue weighted by atomic mass is 10.0. The van der Waals surface area contributed by atoms with Crippen molar-refractivity contribution >= 4 is 35.1 Å². The quantitative estimate of drug-likeness (QED) is 0.549. The summed E-state index contributed by atoms with van der Waals surface area (Å²) in [5.74, 6) is -0.311. The maximum atomic E-state index is 12.6. The van der Waals surface area contributed by atoms with Crippen LogP contribution in [-0.2, 0) is 4.79 Å². The molecule has 3 N–H and O–H groups in total. The molecule has 3 aromatic rings. The summed E-state index contributed by atoms with van der Waals surface area (Å²) in [5, 5.41) is 7.69. The number of hydrogen-bond donors (Lipinski definition) is 2. The molecule has 11 heteroatoms. The number of aromatic nitrogens is 3. The van der Waals surface area contributed by atoms with Gasteiger partial charge in [0.2, 0.25) is 5.91 Å². The SMILES string of the molecule is CC(C(=O)N1CCC(n2cc(-c3ccc(Cl)c(NC(=O)c4coc(N)n4)c3)cn2)CC1)N(C)C. The van der Waals surface area contributed by atoms with Crippen LogP contribution in [0, 0.1) is 0 Å². The number of oxazole rings is 1. The molecule has 0 bridgehead atoms. The monoisotopic (exact) mass is 485 g/mol. The van der Waals surface area contributed by atoms with Crippen molar-refractivity contribution in [2.24, 2.45) is 0 Å². The number of rotatable bonds is 6. The zero-order chi connectivity index (χ0) is 24.4. The Bertz CT molecular complexity index is 1180. The van der Waals surface area contributed by atoms with E-state index in [-0.39, 0.29) is 29.7 Å². The van der Waals surface area contributed by atoms with Gasteiger partial charge in [-0.05, 0) is 51.6 Å². The third kappa shape index (κ3) is 5.07. The molecule has 1 aromatic carbocycles. The molecule has 1 saturated heterocycles. The van der Waals surface area contributed by atoms with Crippen molar-refractivity contribution in [1.82, 2.24) is 24.6 Å². The number of likely N-dealkylation sites (tertiary alicyclic amines) is 1. The molecule has 1 unspecified atom stereocenters. The van der Waals surface area contributed by atoms with Gasteiger partial charge in [0.05, 0.1) is 29.0 Å². The summed E-state index contributed by atoms with van der Waals surface area (Å²) >= 11 is 6.29. The molecule has 1 aliphatic rings. The Kier molecular flexibility index (Phi) is 6.90. The maximum absolute atomic E-state index is 12.6. The van der Waals surface area contributed by atoms with Gasteiger partial charge >= 0.3 is 0 Å². The molecule has 1 aliphatic heterocycles. The van der Waals surface area contributed by atoms with Gasteiger partial charge in [-0.2, -0.15) is 10.1 Å². The second-order valence-electron chi connectivity index (χ2n) is 8.62. The Labute approximate surface area is 202 Å². The number of likely N-dealkylation sites (N-methyl/N-ethyl adjacent to an activating group) is 1. The second-order valence-corrected chi connectivity index (χ2v) is 9.03. The fourth-order valence-electron chi connectivity index (χ4n) is 3.90. The van der Waals surface area contributed by atoms with Gasteiger partial charge in [-0.3, -0.25) is 19.2 Å². The van der Waals surface area contributed by atoms with Crippen molar-refractivity contribution in [3.05, 3.63) is 47.6 Å². The van der Waals surface area contributed by atoms with Crippen molar-refractivity contribution in [2.45, 2.75) is 31.8 Å². The normalized spacial score (nSPS) is 15.5. The van der Waals surface area contributed by atoms with Gasteiger partial charge in [-0.15, -0.1) is 0 Å². The summed E-state index contributed by atoms with van der Waals surface area (Å²) in [4.78, 5) is 32.7. The highest BCUT2D eigenvalue weighted by Crippen LogP contribution is 2.31. The number of hydrogen-bond acceptors (Lipinski definition) is 7. The van der Waals surface area contributed by atoms with Crippen LogP contribution in [0.3, 0.4) is 0 Å². The van der Waals surface area contributed by atoms with E-state index in [0.29, 0.717) is 23.8 Å². The Morgan fingerprint density at radius 2 is 2.00 bits per heavy atom. The molecule has 1 atom stereocenters. The van der Waals surface area contributed by atoms with E-state index in [1.165, 1.54) is 6.26 Å². The number of nitrogens with two attached hydrogens (primary N) is 1. The van der Waals surface area contributed by atoms with Gasteiger partial charge in [-0.25, -0.2) is 0 Å². The van der Waals surface area contributed by atoms with Crippen LogP contribution >= 0.6 is 11.6 Å². The molecule has 0 saturated carbocycles. The zero-order valence-corrected chi connectivity index (χ0v) is 20.1. The van der Waals surface area contributed by atoms with Crippen LogP contribution in [0.25, 0.3) is 11.1 Å². The molecule has 34 heavy (non-hydrogen) atoms. The van der Waals surface area contributed by atoms with Crippen molar-refractivity contribution in [2.75, 3.05) is 38.2 Å². The maximum Gasteiger partial charge on any atom is 0.292 e. The molecule has 180 valence electrons. The van der Waals surface area contributed by atoms with E-state index in [2.05, 4.69) is 15.4 Å². The van der Waals surface area contributed by atoms with Gasteiger partial charge < -0.3 is 20.4 Å². The third-order valence-electron chi connectivity index (χ3n) is 6.19. The molecule has 2 amide bonds. The number of halogens is 1. The predicted octanol–water partition coefficient (Wildman–Crippen LogP) is 3.14. The van der Waals surface area contributed by atoms with Gasteiger partial charge in [0, 0.05) is 24.8 Å². The minimum Gasteiger partial charge on any atom is -0.431 e. The minimum atomic E-state index is -0.472. The van der Waals surface area contributed by atoms with Crippen LogP contribution in [0.15, 0.2) is 41.3 Å². The van der Waals surface area contributed by atoms with Crippen molar-refractivity contribution in [3.8, 4) is 11.1 Å². The van der Waals surface area contributed by atoms with Crippen LogP contribution < -0.4 is 11.1 Å². The summed E-state index contributed by atoms with van der Waals surface area (Å²) < 4.78 is 6.84. The molecular weight excluding hydrogens is 458 g/mol. The lowest BCUT2D eigenvalue weighted by Gasteiger charge is -2.34. The number of carbonyl (C=O) groups is 2. The lowest BCUT2D eigenvalue weighted by Crippen LogP contribution is -2.47. The van der Waals surface area contributed by atoms with Crippen LogP contribution in [0.4, 0.5) is 11.7 Å². The summed E-state index contributed by atoms with van der Waals surface area (Å²) in [6.07, 6.45) is 6.65. The molecule has 0 aliphatic carbocycles. The predicted molar refractivity (Wildman–Crippen MR) is 130 cm³/mol. The highest BCUT2D eigenvalue weighted by Gasteiger charge is 2.28. The molecule has 0 radical (unpaired) electrons. The average Bonchev–Trinajstić information content (AvgIpc) is 3.49. The Balaban J connectivity index is 1.43. The average molecular weight is 486 g/mol. The standard InChI is InChI=1S/C23H28ClN7O3/c1-14(29(2)3)22(33)30-8-6-17(7-9-30)31-12-16(11-26-31)15-4-5-18(24)19(10-15)27-21(32)20-13-34-23(25)28-20/h4-5,10-14,17H,6-9H2,1-3H3,(H2,25,28)(H,27,32). The number of benzene rings is 1. The molecule has 0 spiro atoms. The number of carbonyl (C=O) groups excluding carboxylic acids is 2. The number of piperidine rings is 1. The largest absolute Gasteiger partial charge is 0.431 e. The van der Waals surface area contributed by atoms with E-state index < -0.39 is 5.91 Å². The summed E-state index contributed by atoms with van der Waals surface area (Å²) in [6.45, 7) is 3.35. The molecule has 4 rings (SSSR count). The topological polar surface area (TPSA) is 123 Å². The summed E-state index contributed by atoms with van der Waals surface area (Å²) in [5.41, 5.74) is 7.71. The first-order valence-electron chi connectivity index (χ1n) is 11.0. The zero-order valence-electron chi connectivity index (χ0n) is 19.4. The van der Waals surface area contributed by atoms with Gasteiger partial charge in [0.1, 0.15) is 6.26 Å². The Hall–Kier alpha value is -3.37. The van der Waals surface area contributed by atoms with E-state index in [4.69, 9.17) is 21.8 Å². The molecular formula is C23H28ClN7O3. The van der Waals surface area contributed by atoms with E-state index >= 15 is 0 Å². The molecule has 10 nitrogen and oxygen atoms in total. The fraction of sp³-hybridized carbons (Fsp3) is 0.391. The van der Waals surface area contributed by atoms with Gasteiger partial charge in [0.25, 0.3) is 11.9 Å². The first-order valence-corrected chi connectivity index (χ1v) is 11.4. The van der Waals surface area contributed by atoms with Crippen LogP contribution in [0.1, 0.15) is 36.3 Å². The lowest BCUT2D eigenvalue weighted by molar-refractivity contribution is -0.136. The smallest absolute Gasteiger partial charge is 0.292 e. The van der Waals surface area contributed by atoms with E-state index in [1.54, 1.807) is 18.3 Å². The summed E-state index contributed by atoms with van der Waals surface area (Å²) in [7, 11) is 3.83. The minimum absolute atomic E-state index is 0.0663. The Morgan fingerprint density at radius 1 is 1.26 bits per heavy atom. The third-order valence-corrected chi connectivity index (χ3v) is 6.52. The van der Waals surface area contributed by atoms with Crippen LogP contribution in [-0.4, -0.2) is 69.6 Å². The molecule has 2 aromatic heterocycles. The van der Waals surface area contributed by atoms with Gasteiger partial charge in [0.15, 0.2) is 5.69 Å². The highest BCUT2D eigenvalue weighted by atomic mass is 35.5. The van der Waals surface area contributed by atoms with Crippen molar-refractivity contribution in [1.29, 1.82) is 0 Å². The van der Waals surface area contributed by atoms with Crippen LogP contribution in [0.5, 0.6) is 0 Å². The number of nitrogens with one attached hydrogen (secondary N) is 1. The van der Waals surface area contributed by atoms with E-state index in [0.717, 1.165) is 24.0 Å². The second kappa shape index (κ2) is 9.86. The first-order chi connectivity index (χ1) is 16.2. The molecule has 3 heterocycles. The molecule has 1 fully saturated rings. The van der Waals surface area contributed by atoms with E-state index in [9.17, 15) is 9.59 Å². The van der Waals surface area contributed by atoms with Crippen LogP contribution in [0.2, 0.25) is 5.02 Å².